The lowest BCUT2D eigenvalue weighted by atomic mass is 10.0. The van der Waals surface area contributed by atoms with E-state index in [4.69, 9.17) is 11.6 Å². The highest BCUT2D eigenvalue weighted by Gasteiger charge is 2.50. The number of rotatable bonds is 2. The van der Waals surface area contributed by atoms with E-state index in [0.29, 0.717) is 10.6 Å². The minimum absolute atomic E-state index is 0.00296. The van der Waals surface area contributed by atoms with E-state index in [1.807, 2.05) is 13.8 Å². The van der Waals surface area contributed by atoms with Crippen LogP contribution in [0.3, 0.4) is 0 Å². The first kappa shape index (κ1) is 10.6. The second-order valence-corrected chi connectivity index (χ2v) is 5.14. The zero-order valence-electron chi connectivity index (χ0n) is 8.68. The molecule has 0 bridgehead atoms. The lowest BCUT2D eigenvalue weighted by Gasteiger charge is -2.05. The molecule has 1 aliphatic carbocycles. The van der Waals surface area contributed by atoms with E-state index >= 15 is 0 Å². The highest BCUT2D eigenvalue weighted by Crippen LogP contribution is 2.53. The van der Waals surface area contributed by atoms with Gasteiger partial charge in [-0.1, -0.05) is 25.4 Å². The number of ketones is 1. The van der Waals surface area contributed by atoms with E-state index in [1.165, 1.54) is 18.2 Å². The number of Topliss-reactive ketones (excluding diaryl/α,β-unsaturated/α-hetero) is 1. The number of hydrogen-bond donors (Lipinski definition) is 0. The molecule has 0 heterocycles. The smallest absolute Gasteiger partial charge is 0.168 e. The normalized spacial score (nSPS) is 22.5. The first-order chi connectivity index (χ1) is 6.92. The summed E-state index contributed by atoms with van der Waals surface area (Å²) in [6, 6.07) is 3.91. The summed E-state index contributed by atoms with van der Waals surface area (Å²) in [6.45, 7) is 4.06. The van der Waals surface area contributed by atoms with E-state index in [-0.39, 0.29) is 17.1 Å². The molecule has 1 saturated carbocycles. The van der Waals surface area contributed by atoms with Gasteiger partial charge in [-0.05, 0) is 30.0 Å². The Balaban J connectivity index is 2.30. The summed E-state index contributed by atoms with van der Waals surface area (Å²) in [5.41, 5.74) is 0.361. The maximum atomic E-state index is 13.0. The molecule has 80 valence electrons. The maximum absolute atomic E-state index is 13.0. The summed E-state index contributed by atoms with van der Waals surface area (Å²) in [4.78, 5) is 11.9. The molecule has 0 aromatic heterocycles. The van der Waals surface area contributed by atoms with Gasteiger partial charge in [-0.25, -0.2) is 4.39 Å². The van der Waals surface area contributed by atoms with E-state index in [0.717, 1.165) is 6.42 Å². The van der Waals surface area contributed by atoms with Gasteiger partial charge in [-0.15, -0.1) is 0 Å². The van der Waals surface area contributed by atoms with Gasteiger partial charge in [-0.3, -0.25) is 4.79 Å². The SMILES string of the molecule is CC1(C)CC1C(=O)c1cc(F)ccc1Cl. The third-order valence-corrected chi connectivity index (χ3v) is 3.35. The molecule has 15 heavy (non-hydrogen) atoms. The predicted molar refractivity (Wildman–Crippen MR) is 57.6 cm³/mol. The van der Waals surface area contributed by atoms with E-state index in [9.17, 15) is 9.18 Å². The molecule has 1 nitrogen and oxygen atoms in total. The Hall–Kier alpha value is -0.890. The summed E-state index contributed by atoms with van der Waals surface area (Å²) in [5, 5.41) is 0.337. The van der Waals surface area contributed by atoms with Crippen molar-refractivity contribution in [3.63, 3.8) is 0 Å². The van der Waals surface area contributed by atoms with Crippen LogP contribution < -0.4 is 0 Å². The first-order valence-electron chi connectivity index (χ1n) is 4.91. The second-order valence-electron chi connectivity index (χ2n) is 4.73. The van der Waals surface area contributed by atoms with E-state index < -0.39 is 5.82 Å². The monoisotopic (exact) mass is 226 g/mol. The highest BCUT2D eigenvalue weighted by molar-refractivity contribution is 6.34. The quantitative estimate of drug-likeness (QED) is 0.703. The number of carbonyl (C=O) groups is 1. The first-order valence-corrected chi connectivity index (χ1v) is 5.29. The third-order valence-electron chi connectivity index (χ3n) is 3.02. The highest BCUT2D eigenvalue weighted by atomic mass is 35.5. The Labute approximate surface area is 93.2 Å². The van der Waals surface area contributed by atoms with Gasteiger partial charge in [-0.2, -0.15) is 0 Å². The van der Waals surface area contributed by atoms with Gasteiger partial charge in [0.05, 0.1) is 5.02 Å². The molecular formula is C12H12ClFO. The molecular weight excluding hydrogens is 215 g/mol. The average molecular weight is 227 g/mol. The van der Waals surface area contributed by atoms with Gasteiger partial charge in [0.25, 0.3) is 0 Å². The zero-order valence-corrected chi connectivity index (χ0v) is 9.44. The van der Waals surface area contributed by atoms with Crippen LogP contribution in [0.25, 0.3) is 0 Å². The summed E-state index contributed by atoms with van der Waals surface area (Å²) in [5.74, 6) is -0.456. The Morgan fingerprint density at radius 3 is 2.67 bits per heavy atom. The van der Waals surface area contributed by atoms with Crippen molar-refractivity contribution in [1.29, 1.82) is 0 Å². The van der Waals surface area contributed by atoms with Gasteiger partial charge in [0.15, 0.2) is 5.78 Å². The van der Waals surface area contributed by atoms with Crippen molar-refractivity contribution in [2.45, 2.75) is 20.3 Å². The molecule has 0 N–H and O–H groups in total. The van der Waals surface area contributed by atoms with Gasteiger partial charge in [0, 0.05) is 11.5 Å². The van der Waals surface area contributed by atoms with Crippen LogP contribution in [0.1, 0.15) is 30.6 Å². The van der Waals surface area contributed by atoms with Crippen LogP contribution in [0.5, 0.6) is 0 Å². The Morgan fingerprint density at radius 1 is 1.53 bits per heavy atom. The molecule has 2 rings (SSSR count). The third kappa shape index (κ3) is 1.91. The number of carbonyl (C=O) groups excluding carboxylic acids is 1. The van der Waals surface area contributed by atoms with Crippen molar-refractivity contribution in [1.82, 2.24) is 0 Å². The van der Waals surface area contributed by atoms with E-state index in [1.54, 1.807) is 0 Å². The number of benzene rings is 1. The lowest BCUT2D eigenvalue weighted by molar-refractivity contribution is 0.0953. The molecule has 0 aliphatic heterocycles. The van der Waals surface area contributed by atoms with Crippen molar-refractivity contribution in [3.05, 3.63) is 34.6 Å². The Kier molecular flexibility index (Phi) is 2.34. The molecule has 1 aromatic carbocycles. The minimum atomic E-state index is -0.416. The van der Waals surface area contributed by atoms with Crippen LogP contribution in [0.15, 0.2) is 18.2 Å². The topological polar surface area (TPSA) is 17.1 Å². The van der Waals surface area contributed by atoms with Crippen molar-refractivity contribution < 1.29 is 9.18 Å². The average Bonchev–Trinajstić information content (AvgIpc) is 2.78. The molecule has 1 aromatic rings. The molecule has 1 aliphatic rings. The van der Waals surface area contributed by atoms with Crippen LogP contribution >= 0.6 is 11.6 Å². The summed E-state index contributed by atoms with van der Waals surface area (Å²) < 4.78 is 13.0. The summed E-state index contributed by atoms with van der Waals surface area (Å²) in [7, 11) is 0. The fourth-order valence-corrected chi connectivity index (χ4v) is 2.00. The molecule has 0 spiro atoms. The molecule has 1 unspecified atom stereocenters. The predicted octanol–water partition coefficient (Wildman–Crippen LogP) is 3.71. The van der Waals surface area contributed by atoms with E-state index in [2.05, 4.69) is 0 Å². The zero-order chi connectivity index (χ0) is 11.2. The standard InChI is InChI=1S/C12H12ClFO/c1-12(2)6-9(12)11(15)8-5-7(14)3-4-10(8)13/h3-5,9H,6H2,1-2H3. The van der Waals surface area contributed by atoms with Crippen molar-refractivity contribution in [3.8, 4) is 0 Å². The van der Waals surface area contributed by atoms with Gasteiger partial charge < -0.3 is 0 Å². The van der Waals surface area contributed by atoms with Crippen LogP contribution in [-0.2, 0) is 0 Å². The van der Waals surface area contributed by atoms with Crippen molar-refractivity contribution in [2.75, 3.05) is 0 Å². The van der Waals surface area contributed by atoms with Crippen LogP contribution in [0.2, 0.25) is 5.02 Å². The largest absolute Gasteiger partial charge is 0.294 e. The van der Waals surface area contributed by atoms with Gasteiger partial charge >= 0.3 is 0 Å². The summed E-state index contributed by atoms with van der Waals surface area (Å²) in [6.07, 6.45) is 0.860. The lowest BCUT2D eigenvalue weighted by Crippen LogP contribution is -2.07. The molecule has 1 fully saturated rings. The maximum Gasteiger partial charge on any atom is 0.168 e. The number of halogens is 2. The second kappa shape index (κ2) is 3.31. The summed E-state index contributed by atoms with van der Waals surface area (Å²) >= 11 is 5.87. The van der Waals surface area contributed by atoms with Gasteiger partial charge in [0.1, 0.15) is 5.82 Å². The molecule has 0 saturated heterocycles. The van der Waals surface area contributed by atoms with Crippen LogP contribution in [-0.4, -0.2) is 5.78 Å². The Morgan fingerprint density at radius 2 is 2.13 bits per heavy atom. The molecule has 3 heteroatoms. The van der Waals surface area contributed by atoms with Crippen molar-refractivity contribution >= 4 is 17.4 Å². The molecule has 1 atom stereocenters. The molecule has 0 amide bonds. The Bertz CT molecular complexity index is 426. The van der Waals surface area contributed by atoms with Crippen LogP contribution in [0, 0.1) is 17.2 Å². The van der Waals surface area contributed by atoms with Gasteiger partial charge in [0.2, 0.25) is 0 Å². The molecule has 0 radical (unpaired) electrons. The van der Waals surface area contributed by atoms with Crippen LogP contribution in [0.4, 0.5) is 4.39 Å². The minimum Gasteiger partial charge on any atom is -0.294 e. The fourth-order valence-electron chi connectivity index (χ4n) is 1.79. The van der Waals surface area contributed by atoms with Crippen molar-refractivity contribution in [2.24, 2.45) is 11.3 Å². The number of hydrogen-bond acceptors (Lipinski definition) is 1. The fraction of sp³-hybridized carbons (Fsp3) is 0.417.